The molecule has 0 aliphatic carbocycles. The van der Waals surface area contributed by atoms with Gasteiger partial charge in [0.1, 0.15) is 19.3 Å². The van der Waals surface area contributed by atoms with Crippen LogP contribution in [0.1, 0.15) is 258 Å². The Hall–Kier alpha value is -3.59. The topological polar surface area (TPSA) is 114 Å². The Kier molecular flexibility index (Phi) is 56.0. The lowest BCUT2D eigenvalue weighted by molar-refractivity contribution is -0.870. The number of nitrogens with one attached hydrogen (secondary N) is 1. The number of hydrogen-bond donors (Lipinski definition) is 1. The third-order valence-electron chi connectivity index (χ3n) is 13.6. The largest absolute Gasteiger partial charge is 0.756 e. The highest BCUT2D eigenvalue weighted by molar-refractivity contribution is 7.45. The van der Waals surface area contributed by atoms with Crippen molar-refractivity contribution in [3.05, 3.63) is 122 Å². The molecule has 0 radical (unpaired) electrons. The van der Waals surface area contributed by atoms with E-state index in [0.29, 0.717) is 23.9 Å². The van der Waals surface area contributed by atoms with Crippen LogP contribution in [-0.2, 0) is 27.9 Å². The first-order valence-electron chi connectivity index (χ1n) is 32.3. The molecule has 0 aliphatic heterocycles. The normalized spacial score (nSPS) is 14.4. The van der Waals surface area contributed by atoms with Gasteiger partial charge in [-0.1, -0.05) is 245 Å². The summed E-state index contributed by atoms with van der Waals surface area (Å²) < 4.78 is 30.3. The van der Waals surface area contributed by atoms with Crippen molar-refractivity contribution in [3.8, 4) is 0 Å². The highest BCUT2D eigenvalue weighted by Gasteiger charge is 2.27. The molecule has 0 aromatic carbocycles. The maximum absolute atomic E-state index is 13.6. The quantitative estimate of drug-likeness (QED) is 0.0212. The van der Waals surface area contributed by atoms with E-state index in [-0.39, 0.29) is 31.3 Å². The van der Waals surface area contributed by atoms with Crippen molar-refractivity contribution in [1.29, 1.82) is 0 Å². The Morgan fingerprint density at radius 2 is 0.800 bits per heavy atom. The van der Waals surface area contributed by atoms with E-state index in [1.54, 1.807) is 0 Å². The highest BCUT2D eigenvalue weighted by Crippen LogP contribution is 2.38. The van der Waals surface area contributed by atoms with E-state index in [0.717, 1.165) is 135 Å². The third kappa shape index (κ3) is 59.0. The number of ether oxygens (including phenoxy) is 1. The zero-order valence-electron chi connectivity index (χ0n) is 52.2. The molecule has 3 unspecified atom stereocenters. The van der Waals surface area contributed by atoms with Crippen LogP contribution in [0.25, 0.3) is 0 Å². The first kappa shape index (κ1) is 76.4. The van der Waals surface area contributed by atoms with Crippen LogP contribution >= 0.6 is 7.82 Å². The molecule has 458 valence electrons. The number of carbonyl (C=O) groups is 2. The van der Waals surface area contributed by atoms with Gasteiger partial charge in [0.25, 0.3) is 7.82 Å². The number of quaternary nitrogens is 1. The van der Waals surface area contributed by atoms with Gasteiger partial charge in [0.15, 0.2) is 0 Å². The fraction of sp³-hybridized carbons (Fsp3) is 0.686. The number of nitrogens with zero attached hydrogens (tertiary/aromatic N) is 1. The summed E-state index contributed by atoms with van der Waals surface area (Å²) in [6.07, 6.45) is 81.6. The molecule has 0 bridgehead atoms. The van der Waals surface area contributed by atoms with Gasteiger partial charge in [0, 0.05) is 12.8 Å². The number of esters is 1. The van der Waals surface area contributed by atoms with Gasteiger partial charge in [0.05, 0.1) is 33.8 Å². The van der Waals surface area contributed by atoms with Crippen LogP contribution < -0.4 is 10.2 Å². The molecule has 9 nitrogen and oxygen atoms in total. The van der Waals surface area contributed by atoms with E-state index in [4.69, 9.17) is 13.8 Å². The number of rotatable bonds is 57. The Morgan fingerprint density at radius 3 is 1.23 bits per heavy atom. The summed E-state index contributed by atoms with van der Waals surface area (Å²) >= 11 is 0. The number of phosphoric acid groups is 1. The minimum absolute atomic E-state index is 0.0363. The molecule has 1 N–H and O–H groups in total. The zero-order valence-corrected chi connectivity index (χ0v) is 53.1. The maximum atomic E-state index is 13.6. The van der Waals surface area contributed by atoms with Gasteiger partial charge in [-0.15, -0.1) is 0 Å². The molecule has 0 saturated carbocycles. The molecule has 80 heavy (non-hydrogen) atoms. The second-order valence-corrected chi connectivity index (χ2v) is 23.9. The molecular formula is C70H121N2O7P. The summed E-state index contributed by atoms with van der Waals surface area (Å²) in [4.78, 5) is 40.1. The molecule has 0 fully saturated rings. The Labute approximate surface area is 493 Å². The molecule has 0 saturated heterocycles. The van der Waals surface area contributed by atoms with Crippen LogP contribution in [0, 0.1) is 0 Å². The number of amides is 1. The molecule has 0 spiro atoms. The van der Waals surface area contributed by atoms with Crippen molar-refractivity contribution in [2.24, 2.45) is 0 Å². The SMILES string of the molecule is CC/C=C\C/C=C\C/C=C\C/C=C\C/C=C\CCCCCCCC(=O)OC(/C=C/CCCCCCCCCCCC)C(COP(=O)([O-])OCC[N+](C)(C)C)NC(=O)CCCCCCC/C=C\C/C=C\C/C=C\C/C=C\CCCCC. The van der Waals surface area contributed by atoms with Crippen molar-refractivity contribution in [2.45, 2.75) is 270 Å². The zero-order chi connectivity index (χ0) is 58.6. The predicted molar refractivity (Wildman–Crippen MR) is 343 cm³/mol. The van der Waals surface area contributed by atoms with Crippen LogP contribution in [0.15, 0.2) is 122 Å². The summed E-state index contributed by atoms with van der Waals surface area (Å²) in [6.45, 7) is 6.66. The van der Waals surface area contributed by atoms with Gasteiger partial charge in [-0.2, -0.15) is 0 Å². The minimum Gasteiger partial charge on any atom is -0.756 e. The van der Waals surface area contributed by atoms with Gasteiger partial charge >= 0.3 is 5.97 Å². The van der Waals surface area contributed by atoms with Gasteiger partial charge in [-0.05, 0) is 122 Å². The summed E-state index contributed by atoms with van der Waals surface area (Å²) in [6, 6.07) is -0.916. The van der Waals surface area contributed by atoms with Crippen LogP contribution in [0.5, 0.6) is 0 Å². The third-order valence-corrected chi connectivity index (χ3v) is 14.6. The van der Waals surface area contributed by atoms with Crippen LogP contribution in [0.4, 0.5) is 0 Å². The fourth-order valence-corrected chi connectivity index (χ4v) is 9.37. The molecule has 0 rings (SSSR count). The summed E-state index contributed by atoms with van der Waals surface area (Å²) in [7, 11) is 1.14. The Bertz CT molecular complexity index is 1780. The fourth-order valence-electron chi connectivity index (χ4n) is 8.65. The standard InChI is InChI=1S/C70H121N2O7P/c1-7-10-13-16-19-22-25-28-30-32-34-36-38-40-42-44-47-50-53-56-59-62-69(73)71-67(66-78-80(75,76)77-65-64-72(4,5)6)68(61-58-55-52-49-46-27-24-21-18-15-12-9-3)79-70(74)63-60-57-54-51-48-45-43-41-39-37-35-33-31-29-26-23-20-17-14-11-8-2/h11,14,19-20,22-23,28-31,34-37,40-43,58,61,67-68H,7-10,12-13,15-18,21,24-27,32-33,38-39,44-57,59-60,62-66H2,1-6H3,(H-,71,73,75,76)/b14-11-,22-19-,23-20-,30-28-,31-29-,36-34-,37-35-,42-40-,43-41-,61-58+. The second kappa shape index (κ2) is 58.6. The minimum atomic E-state index is -4.72. The molecular weight excluding hydrogens is 1010 g/mol. The van der Waals surface area contributed by atoms with E-state index in [1.165, 1.54) is 77.0 Å². The molecule has 0 aliphatic rings. The predicted octanol–water partition coefficient (Wildman–Crippen LogP) is 19.6. The smallest absolute Gasteiger partial charge is 0.306 e. The number of phosphoric ester groups is 1. The van der Waals surface area contributed by atoms with E-state index >= 15 is 0 Å². The molecule has 0 heterocycles. The lowest BCUT2D eigenvalue weighted by Gasteiger charge is -2.30. The summed E-state index contributed by atoms with van der Waals surface area (Å²) in [5.41, 5.74) is 0. The van der Waals surface area contributed by atoms with Crippen LogP contribution in [-0.4, -0.2) is 69.4 Å². The molecule has 0 aromatic heterocycles. The van der Waals surface area contributed by atoms with E-state index in [1.807, 2.05) is 33.3 Å². The lowest BCUT2D eigenvalue weighted by Crippen LogP contribution is -2.47. The van der Waals surface area contributed by atoms with E-state index in [9.17, 15) is 19.0 Å². The first-order valence-corrected chi connectivity index (χ1v) is 33.8. The number of unbranched alkanes of at least 4 members (excludes halogenated alkanes) is 23. The Morgan fingerprint density at radius 1 is 0.450 bits per heavy atom. The van der Waals surface area contributed by atoms with Gasteiger partial charge in [0.2, 0.25) is 5.91 Å². The van der Waals surface area contributed by atoms with E-state index in [2.05, 4.69) is 135 Å². The van der Waals surface area contributed by atoms with Gasteiger partial charge in [-0.3, -0.25) is 14.2 Å². The number of allylic oxidation sites excluding steroid dienone is 19. The van der Waals surface area contributed by atoms with E-state index < -0.39 is 26.6 Å². The van der Waals surface area contributed by atoms with Gasteiger partial charge in [-0.25, -0.2) is 0 Å². The lowest BCUT2D eigenvalue weighted by atomic mass is 10.0. The average molecular weight is 1130 g/mol. The van der Waals surface area contributed by atoms with Gasteiger partial charge < -0.3 is 28.5 Å². The van der Waals surface area contributed by atoms with Crippen molar-refractivity contribution < 1.29 is 37.3 Å². The number of carbonyl (C=O) groups excluding carboxylic acids is 2. The second-order valence-electron chi connectivity index (χ2n) is 22.5. The molecule has 10 heteroatoms. The summed E-state index contributed by atoms with van der Waals surface area (Å²) in [5.74, 6) is -0.590. The first-order chi connectivity index (χ1) is 38.9. The average Bonchev–Trinajstić information content (AvgIpc) is 3.42. The number of likely N-dealkylation sites (N-methyl/N-ethyl adjacent to an activating group) is 1. The molecule has 1 amide bonds. The van der Waals surface area contributed by atoms with Crippen LogP contribution in [0.3, 0.4) is 0 Å². The monoisotopic (exact) mass is 1130 g/mol. The van der Waals surface area contributed by atoms with Crippen molar-refractivity contribution in [2.75, 3.05) is 40.9 Å². The highest BCUT2D eigenvalue weighted by atomic mass is 31.2. The molecule has 0 aromatic rings. The van der Waals surface area contributed by atoms with Crippen LogP contribution in [0.2, 0.25) is 0 Å². The number of hydrogen-bond acceptors (Lipinski definition) is 7. The maximum Gasteiger partial charge on any atom is 0.306 e. The van der Waals surface area contributed by atoms with Crippen molar-refractivity contribution in [3.63, 3.8) is 0 Å². The van der Waals surface area contributed by atoms with Crippen molar-refractivity contribution >= 4 is 19.7 Å². The van der Waals surface area contributed by atoms with Crippen molar-refractivity contribution in [1.82, 2.24) is 5.32 Å². The Balaban J connectivity index is 5.30. The summed E-state index contributed by atoms with van der Waals surface area (Å²) in [5, 5.41) is 3.02. The molecule has 3 atom stereocenters.